The van der Waals surface area contributed by atoms with E-state index in [0.29, 0.717) is 31.6 Å². The number of hydrogen-bond donors (Lipinski definition) is 0. The molecule has 6 heteroatoms. The van der Waals surface area contributed by atoms with E-state index < -0.39 is 0 Å². The fourth-order valence-electron chi connectivity index (χ4n) is 2.73. The van der Waals surface area contributed by atoms with Gasteiger partial charge in [0.15, 0.2) is 0 Å². The van der Waals surface area contributed by atoms with Gasteiger partial charge in [0.05, 0.1) is 5.56 Å². The van der Waals surface area contributed by atoms with Crippen molar-refractivity contribution in [1.82, 2.24) is 14.8 Å². The molecule has 0 bridgehead atoms. The molecule has 100 valence electrons. The molecule has 0 aromatic carbocycles. The number of halogens is 1. The Balaban J connectivity index is 1.72. The first-order chi connectivity index (χ1) is 9.15. The van der Waals surface area contributed by atoms with Gasteiger partial charge in [0.1, 0.15) is 4.60 Å². The van der Waals surface area contributed by atoms with E-state index in [-0.39, 0.29) is 17.9 Å². The highest BCUT2D eigenvalue weighted by atomic mass is 79.9. The van der Waals surface area contributed by atoms with Crippen LogP contribution in [0.25, 0.3) is 0 Å². The van der Waals surface area contributed by atoms with Gasteiger partial charge in [-0.3, -0.25) is 9.59 Å². The van der Waals surface area contributed by atoms with E-state index in [9.17, 15) is 9.59 Å². The topological polar surface area (TPSA) is 53.5 Å². The van der Waals surface area contributed by atoms with Crippen LogP contribution in [0.2, 0.25) is 0 Å². The molecule has 1 unspecified atom stereocenters. The summed E-state index contributed by atoms with van der Waals surface area (Å²) in [6, 6.07) is 3.74. The molecule has 5 nitrogen and oxygen atoms in total. The van der Waals surface area contributed by atoms with Gasteiger partial charge in [-0.2, -0.15) is 0 Å². The lowest BCUT2D eigenvalue weighted by atomic mass is 10.1. The summed E-state index contributed by atoms with van der Waals surface area (Å²) in [5, 5.41) is 0. The van der Waals surface area contributed by atoms with Crippen LogP contribution in [-0.2, 0) is 4.79 Å². The number of pyridine rings is 1. The van der Waals surface area contributed by atoms with E-state index in [0.717, 1.165) is 11.0 Å². The van der Waals surface area contributed by atoms with Crippen molar-refractivity contribution in [2.75, 3.05) is 19.6 Å². The predicted octanol–water partition coefficient (Wildman–Crippen LogP) is 1.29. The van der Waals surface area contributed by atoms with Gasteiger partial charge in [-0.1, -0.05) is 0 Å². The van der Waals surface area contributed by atoms with Crippen molar-refractivity contribution in [3.05, 3.63) is 28.5 Å². The average Bonchev–Trinajstić information content (AvgIpc) is 2.80. The Kier molecular flexibility index (Phi) is 3.26. The summed E-state index contributed by atoms with van der Waals surface area (Å²) >= 11 is 3.25. The monoisotopic (exact) mass is 323 g/mol. The Morgan fingerprint density at radius 3 is 2.95 bits per heavy atom. The largest absolute Gasteiger partial charge is 0.336 e. The fourth-order valence-corrected chi connectivity index (χ4v) is 2.97. The molecule has 1 atom stereocenters. The molecule has 2 fully saturated rings. The van der Waals surface area contributed by atoms with Gasteiger partial charge in [0.25, 0.3) is 5.91 Å². The maximum absolute atomic E-state index is 12.3. The van der Waals surface area contributed by atoms with E-state index in [1.165, 1.54) is 0 Å². The number of carbonyl (C=O) groups is 2. The van der Waals surface area contributed by atoms with Crippen LogP contribution < -0.4 is 0 Å². The number of piperazine rings is 1. The van der Waals surface area contributed by atoms with Crippen molar-refractivity contribution in [3.8, 4) is 0 Å². The number of carbonyl (C=O) groups excluding carboxylic acids is 2. The van der Waals surface area contributed by atoms with Crippen molar-refractivity contribution in [2.24, 2.45) is 0 Å². The Bertz CT molecular complexity index is 517. The molecule has 0 N–H and O–H groups in total. The molecule has 2 saturated heterocycles. The van der Waals surface area contributed by atoms with Crippen LogP contribution in [-0.4, -0.2) is 52.3 Å². The zero-order valence-corrected chi connectivity index (χ0v) is 12.0. The van der Waals surface area contributed by atoms with Crippen LogP contribution in [0.3, 0.4) is 0 Å². The van der Waals surface area contributed by atoms with Crippen molar-refractivity contribution in [2.45, 2.75) is 18.9 Å². The first-order valence-corrected chi connectivity index (χ1v) is 7.15. The number of amides is 2. The lowest BCUT2D eigenvalue weighted by Crippen LogP contribution is -2.53. The SMILES string of the molecule is O=C(c1ccc(Br)nc1)N1CCN2C(=O)CCC2C1. The smallest absolute Gasteiger partial charge is 0.255 e. The molecule has 0 radical (unpaired) electrons. The summed E-state index contributed by atoms with van der Waals surface area (Å²) < 4.78 is 0.718. The van der Waals surface area contributed by atoms with Crippen molar-refractivity contribution < 1.29 is 9.59 Å². The van der Waals surface area contributed by atoms with Crippen LogP contribution in [0.5, 0.6) is 0 Å². The number of aromatic nitrogens is 1. The van der Waals surface area contributed by atoms with E-state index in [4.69, 9.17) is 0 Å². The summed E-state index contributed by atoms with van der Waals surface area (Å²) in [5.74, 6) is 0.224. The van der Waals surface area contributed by atoms with Gasteiger partial charge in [0.2, 0.25) is 5.91 Å². The quantitative estimate of drug-likeness (QED) is 0.732. The number of rotatable bonds is 1. The second-order valence-corrected chi connectivity index (χ2v) is 5.71. The highest BCUT2D eigenvalue weighted by molar-refractivity contribution is 9.10. The standard InChI is InChI=1S/C13H14BrN3O2/c14-11-3-1-9(7-15-11)13(19)16-5-6-17-10(8-16)2-4-12(17)18/h1,3,7,10H,2,4-6,8H2. The molecular weight excluding hydrogens is 310 g/mol. The number of nitrogens with zero attached hydrogens (tertiary/aromatic N) is 3. The van der Waals surface area contributed by atoms with Gasteiger partial charge in [-0.05, 0) is 34.5 Å². The molecule has 2 aliphatic rings. The zero-order chi connectivity index (χ0) is 13.4. The van der Waals surface area contributed by atoms with Gasteiger partial charge in [-0.25, -0.2) is 4.98 Å². The fraction of sp³-hybridized carbons (Fsp3) is 0.462. The van der Waals surface area contributed by atoms with Crippen LogP contribution >= 0.6 is 15.9 Å². The second kappa shape index (κ2) is 4.92. The van der Waals surface area contributed by atoms with Gasteiger partial charge in [-0.15, -0.1) is 0 Å². The lowest BCUT2D eigenvalue weighted by Gasteiger charge is -2.37. The Morgan fingerprint density at radius 1 is 1.37 bits per heavy atom. The summed E-state index contributed by atoms with van der Waals surface area (Å²) in [6.45, 7) is 1.90. The second-order valence-electron chi connectivity index (χ2n) is 4.90. The first-order valence-electron chi connectivity index (χ1n) is 6.35. The summed E-state index contributed by atoms with van der Waals surface area (Å²) in [5.41, 5.74) is 0.598. The van der Waals surface area contributed by atoms with Gasteiger partial charge >= 0.3 is 0 Å². The minimum atomic E-state index is -0.000927. The van der Waals surface area contributed by atoms with Crippen LogP contribution in [0.15, 0.2) is 22.9 Å². The molecular formula is C13H14BrN3O2. The molecule has 3 rings (SSSR count). The van der Waals surface area contributed by atoms with E-state index >= 15 is 0 Å². The third kappa shape index (κ3) is 2.36. The third-order valence-corrected chi connectivity index (χ3v) is 4.23. The predicted molar refractivity (Wildman–Crippen MR) is 72.6 cm³/mol. The minimum Gasteiger partial charge on any atom is -0.336 e. The van der Waals surface area contributed by atoms with Crippen LogP contribution in [0, 0.1) is 0 Å². The molecule has 2 aliphatic heterocycles. The van der Waals surface area contributed by atoms with Crippen molar-refractivity contribution >= 4 is 27.7 Å². The number of hydrogen-bond acceptors (Lipinski definition) is 3. The van der Waals surface area contributed by atoms with Crippen LogP contribution in [0.4, 0.5) is 0 Å². The average molecular weight is 324 g/mol. The highest BCUT2D eigenvalue weighted by Gasteiger charge is 2.36. The minimum absolute atomic E-state index is 0.000927. The molecule has 2 amide bonds. The van der Waals surface area contributed by atoms with Crippen LogP contribution in [0.1, 0.15) is 23.2 Å². The highest BCUT2D eigenvalue weighted by Crippen LogP contribution is 2.23. The zero-order valence-electron chi connectivity index (χ0n) is 10.4. The molecule has 1 aromatic rings. The number of fused-ring (bicyclic) bond motifs is 1. The maximum atomic E-state index is 12.3. The Labute approximate surface area is 119 Å². The molecule has 0 spiro atoms. The van der Waals surface area contributed by atoms with Gasteiger partial charge < -0.3 is 9.80 Å². The molecule has 1 aromatic heterocycles. The van der Waals surface area contributed by atoms with Crippen molar-refractivity contribution in [3.63, 3.8) is 0 Å². The van der Waals surface area contributed by atoms with Gasteiger partial charge in [0, 0.05) is 38.3 Å². The third-order valence-electron chi connectivity index (χ3n) is 3.76. The van der Waals surface area contributed by atoms with E-state index in [1.54, 1.807) is 18.3 Å². The normalized spacial score (nSPS) is 22.6. The Hall–Kier alpha value is -1.43. The van der Waals surface area contributed by atoms with E-state index in [1.807, 2.05) is 9.80 Å². The first kappa shape index (κ1) is 12.6. The van der Waals surface area contributed by atoms with Crippen molar-refractivity contribution in [1.29, 1.82) is 0 Å². The summed E-state index contributed by atoms with van der Waals surface area (Å²) in [6.07, 6.45) is 3.06. The molecule has 3 heterocycles. The molecule has 0 saturated carbocycles. The summed E-state index contributed by atoms with van der Waals surface area (Å²) in [4.78, 5) is 31.8. The Morgan fingerprint density at radius 2 is 2.21 bits per heavy atom. The maximum Gasteiger partial charge on any atom is 0.255 e. The molecule has 0 aliphatic carbocycles. The van der Waals surface area contributed by atoms with E-state index in [2.05, 4.69) is 20.9 Å². The summed E-state index contributed by atoms with van der Waals surface area (Å²) in [7, 11) is 0. The lowest BCUT2D eigenvalue weighted by molar-refractivity contribution is -0.130. The molecule has 19 heavy (non-hydrogen) atoms.